The molecule has 0 radical (unpaired) electrons. The molecule has 0 bridgehead atoms. The van der Waals surface area contributed by atoms with E-state index >= 15 is 0 Å². The smallest absolute Gasteiger partial charge is 0.129 e. The summed E-state index contributed by atoms with van der Waals surface area (Å²) < 4.78 is 13.3. The summed E-state index contributed by atoms with van der Waals surface area (Å²) in [5, 5.41) is 3.85. The number of hydrogen-bond acceptors (Lipinski definition) is 5. The molecule has 0 aliphatic rings. The highest BCUT2D eigenvalue weighted by Crippen LogP contribution is 2.29. The van der Waals surface area contributed by atoms with Gasteiger partial charge in [0.15, 0.2) is 0 Å². The number of halogens is 1. The summed E-state index contributed by atoms with van der Waals surface area (Å²) >= 11 is 7.26. The van der Waals surface area contributed by atoms with Crippen LogP contribution >= 0.6 is 23.3 Å². The van der Waals surface area contributed by atoms with Crippen molar-refractivity contribution < 1.29 is 4.74 Å². The Hall–Kier alpha value is -0.910. The molecule has 2 rings (SSSR count). The van der Waals surface area contributed by atoms with Gasteiger partial charge in [-0.15, -0.1) is 0 Å². The Labute approximate surface area is 96.5 Å². The lowest BCUT2D eigenvalue weighted by Gasteiger charge is -2.07. The van der Waals surface area contributed by atoms with E-state index in [9.17, 15) is 0 Å². The Balaban J connectivity index is 2.30. The first-order valence-corrected chi connectivity index (χ1v) is 5.57. The molecule has 4 nitrogen and oxygen atoms in total. The van der Waals surface area contributed by atoms with Crippen LogP contribution in [0.2, 0.25) is 5.02 Å². The molecule has 0 fully saturated rings. The molecule has 0 aliphatic heterocycles. The number of fused-ring (bicyclic) bond motifs is 1. The number of nitrogens with zero attached hydrogens (tertiary/aromatic N) is 2. The topological polar surface area (TPSA) is 47.0 Å². The quantitative estimate of drug-likeness (QED) is 0.838. The third kappa shape index (κ3) is 2.19. The number of benzene rings is 1. The van der Waals surface area contributed by atoms with Gasteiger partial charge >= 0.3 is 0 Å². The van der Waals surface area contributed by atoms with Crippen molar-refractivity contribution in [2.24, 2.45) is 0 Å². The zero-order valence-corrected chi connectivity index (χ0v) is 9.73. The fraction of sp³-hybridized carbons (Fsp3) is 0.333. The number of anilines is 1. The SMILES string of the molecule is COCCNc1c(Cl)ccc2nsnc12. The molecular weight excluding hydrogens is 234 g/mol. The van der Waals surface area contributed by atoms with Crippen molar-refractivity contribution >= 4 is 40.0 Å². The predicted molar refractivity (Wildman–Crippen MR) is 62.8 cm³/mol. The van der Waals surface area contributed by atoms with E-state index in [1.165, 1.54) is 11.7 Å². The van der Waals surface area contributed by atoms with E-state index in [1.54, 1.807) is 7.11 Å². The van der Waals surface area contributed by atoms with Crippen molar-refractivity contribution in [3.63, 3.8) is 0 Å². The lowest BCUT2D eigenvalue weighted by molar-refractivity contribution is 0.211. The van der Waals surface area contributed by atoms with Gasteiger partial charge in [0.1, 0.15) is 11.0 Å². The fourth-order valence-corrected chi connectivity index (χ4v) is 2.03. The predicted octanol–water partition coefficient (Wildman–Crippen LogP) is 2.40. The minimum atomic E-state index is 0.629. The van der Waals surface area contributed by atoms with Crippen molar-refractivity contribution in [2.45, 2.75) is 0 Å². The molecule has 1 N–H and O–H groups in total. The Morgan fingerprint density at radius 2 is 2.33 bits per heavy atom. The van der Waals surface area contributed by atoms with E-state index in [1.807, 2.05) is 12.1 Å². The molecule has 1 aromatic heterocycles. The summed E-state index contributed by atoms with van der Waals surface area (Å²) in [5.41, 5.74) is 2.52. The van der Waals surface area contributed by atoms with E-state index in [-0.39, 0.29) is 0 Å². The highest BCUT2D eigenvalue weighted by atomic mass is 35.5. The highest BCUT2D eigenvalue weighted by molar-refractivity contribution is 7.00. The summed E-state index contributed by atoms with van der Waals surface area (Å²) in [5.74, 6) is 0. The normalized spacial score (nSPS) is 10.8. The van der Waals surface area contributed by atoms with Crippen LogP contribution < -0.4 is 5.32 Å². The third-order valence-corrected chi connectivity index (χ3v) is 2.84. The van der Waals surface area contributed by atoms with Crippen molar-refractivity contribution in [3.8, 4) is 0 Å². The maximum absolute atomic E-state index is 6.07. The van der Waals surface area contributed by atoms with Gasteiger partial charge in [-0.25, -0.2) is 0 Å². The van der Waals surface area contributed by atoms with E-state index in [0.29, 0.717) is 18.2 Å². The van der Waals surface area contributed by atoms with Gasteiger partial charge in [-0.1, -0.05) is 11.6 Å². The second-order valence-corrected chi connectivity index (χ2v) is 3.91. The maximum Gasteiger partial charge on any atom is 0.129 e. The first kappa shape index (κ1) is 10.6. The van der Waals surface area contributed by atoms with Crippen molar-refractivity contribution in [2.75, 3.05) is 25.6 Å². The minimum Gasteiger partial charge on any atom is -0.383 e. The Kier molecular flexibility index (Phi) is 3.35. The molecule has 0 saturated heterocycles. The molecular formula is C9H10ClN3OS. The second-order valence-electron chi connectivity index (χ2n) is 2.97. The molecule has 0 aliphatic carbocycles. The van der Waals surface area contributed by atoms with Crippen molar-refractivity contribution in [1.29, 1.82) is 0 Å². The molecule has 1 aromatic carbocycles. The average Bonchev–Trinajstić information content (AvgIpc) is 2.69. The number of rotatable bonds is 4. The third-order valence-electron chi connectivity index (χ3n) is 1.99. The Morgan fingerprint density at radius 1 is 1.47 bits per heavy atom. The molecule has 0 amide bonds. The molecule has 1 heterocycles. The van der Waals surface area contributed by atoms with Gasteiger partial charge in [-0.05, 0) is 12.1 Å². The minimum absolute atomic E-state index is 0.629. The molecule has 0 spiro atoms. The fourth-order valence-electron chi connectivity index (χ4n) is 1.27. The summed E-state index contributed by atoms with van der Waals surface area (Å²) in [4.78, 5) is 0. The molecule has 2 aromatic rings. The number of ether oxygens (including phenoxy) is 1. The Morgan fingerprint density at radius 3 is 3.13 bits per heavy atom. The lowest BCUT2D eigenvalue weighted by atomic mass is 10.2. The monoisotopic (exact) mass is 243 g/mol. The van der Waals surface area contributed by atoms with Crippen molar-refractivity contribution in [3.05, 3.63) is 17.2 Å². The molecule has 80 valence electrons. The first-order valence-electron chi connectivity index (χ1n) is 4.46. The van der Waals surface area contributed by atoms with Gasteiger partial charge < -0.3 is 10.1 Å². The number of aromatic nitrogens is 2. The maximum atomic E-state index is 6.07. The van der Waals surface area contributed by atoms with E-state index < -0.39 is 0 Å². The van der Waals surface area contributed by atoms with Crippen LogP contribution in [-0.4, -0.2) is 29.0 Å². The number of nitrogens with one attached hydrogen (secondary N) is 1. The van der Waals surface area contributed by atoms with E-state index in [0.717, 1.165) is 16.7 Å². The molecule has 6 heteroatoms. The van der Waals surface area contributed by atoms with Gasteiger partial charge in [-0.2, -0.15) is 8.75 Å². The summed E-state index contributed by atoms with van der Waals surface area (Å²) in [6, 6.07) is 3.68. The van der Waals surface area contributed by atoms with Gasteiger partial charge in [-0.3, -0.25) is 0 Å². The molecule has 0 saturated carbocycles. The van der Waals surface area contributed by atoms with E-state index in [4.69, 9.17) is 16.3 Å². The van der Waals surface area contributed by atoms with Crippen LogP contribution in [0.1, 0.15) is 0 Å². The summed E-state index contributed by atoms with van der Waals surface area (Å²) in [7, 11) is 1.66. The summed E-state index contributed by atoms with van der Waals surface area (Å²) in [6.45, 7) is 1.33. The van der Waals surface area contributed by atoms with Gasteiger partial charge in [0.05, 0.1) is 29.0 Å². The Bertz CT molecular complexity index is 460. The van der Waals surface area contributed by atoms with Crippen LogP contribution in [0.3, 0.4) is 0 Å². The zero-order valence-electron chi connectivity index (χ0n) is 8.16. The van der Waals surface area contributed by atoms with Crippen LogP contribution in [0, 0.1) is 0 Å². The van der Waals surface area contributed by atoms with Crippen LogP contribution in [0.5, 0.6) is 0 Å². The molecule has 0 atom stereocenters. The molecule has 15 heavy (non-hydrogen) atoms. The largest absolute Gasteiger partial charge is 0.383 e. The number of hydrogen-bond donors (Lipinski definition) is 1. The van der Waals surface area contributed by atoms with Gasteiger partial charge in [0.25, 0.3) is 0 Å². The zero-order chi connectivity index (χ0) is 10.7. The standard InChI is InChI=1S/C9H10ClN3OS/c1-14-5-4-11-8-6(10)2-3-7-9(8)13-15-12-7/h2-3,11H,4-5H2,1H3. The lowest BCUT2D eigenvalue weighted by Crippen LogP contribution is -2.08. The number of methoxy groups -OCH3 is 1. The van der Waals surface area contributed by atoms with E-state index in [2.05, 4.69) is 14.1 Å². The van der Waals surface area contributed by atoms with Crippen molar-refractivity contribution in [1.82, 2.24) is 8.75 Å². The second kappa shape index (κ2) is 4.74. The van der Waals surface area contributed by atoms with Gasteiger partial charge in [0.2, 0.25) is 0 Å². The van der Waals surface area contributed by atoms with Crippen LogP contribution in [0.4, 0.5) is 5.69 Å². The average molecular weight is 244 g/mol. The first-order chi connectivity index (χ1) is 7.33. The summed E-state index contributed by atoms with van der Waals surface area (Å²) in [6.07, 6.45) is 0. The molecule has 0 unspecified atom stereocenters. The highest BCUT2D eigenvalue weighted by Gasteiger charge is 2.08. The van der Waals surface area contributed by atoms with Crippen LogP contribution in [0.15, 0.2) is 12.1 Å². The van der Waals surface area contributed by atoms with Gasteiger partial charge in [0, 0.05) is 13.7 Å². The van der Waals surface area contributed by atoms with Crippen LogP contribution in [-0.2, 0) is 4.74 Å². The van der Waals surface area contributed by atoms with Crippen LogP contribution in [0.25, 0.3) is 11.0 Å².